The minimum absolute atomic E-state index is 0.0512. The van der Waals surface area contributed by atoms with Gasteiger partial charge < -0.3 is 40.1 Å². The second-order valence-corrected chi connectivity index (χ2v) is 14.3. The van der Waals surface area contributed by atoms with E-state index in [1.165, 1.54) is 34.3 Å². The fourth-order valence-corrected chi connectivity index (χ4v) is 7.37. The molecule has 15 nitrogen and oxygen atoms in total. The van der Waals surface area contributed by atoms with E-state index in [0.29, 0.717) is 23.6 Å². The molecule has 4 amide bonds. The minimum Gasteiger partial charge on any atom is -0.493 e. The van der Waals surface area contributed by atoms with Gasteiger partial charge in [0, 0.05) is 49.2 Å². The number of likely N-dealkylation sites (tertiary alicyclic amines) is 1. The summed E-state index contributed by atoms with van der Waals surface area (Å²) >= 11 is 1.29. The standard InChI is InChI=1S/C36H42N6O7S.CH2O2/c1-20(2)26-18-42(34(46)29-16-25-31(22-9-7-6-8-10-22)39-40(4)36(25)50-29)19-30(44)37-21(3)32(35(47)41-14-13-24(43)17-41)49-28-15-23(33(45)38-26)11-12-27(28)48-5;2-1-3/h6-12,15-16,20-21,24,26,32,43H,13-14,17-19H2,1-5H3,(H,37,44)(H,38,45);1H,(H,2,3)/t21-,24+,26?,32?;/m0./s1. The largest absolute Gasteiger partial charge is 0.493 e. The number of benzene rings is 2. The molecule has 2 aromatic carbocycles. The number of aryl methyl sites for hydroxylation is 1. The lowest BCUT2D eigenvalue weighted by molar-refractivity contribution is -0.139. The summed E-state index contributed by atoms with van der Waals surface area (Å²) in [6.07, 6.45) is -1.46. The number of hydrogen-bond donors (Lipinski definition) is 4. The number of aliphatic hydroxyl groups excluding tert-OH is 1. The Morgan fingerprint density at radius 2 is 1.77 bits per heavy atom. The SMILES string of the molecule is COc1ccc2cc1OC(C(=O)N1CC[C@@H](O)C1)[C@H](C)NC(=O)CN(C(=O)c1cc3c(-c4ccccc4)nn(C)c3s1)CC(C(C)C)NC2=O.O=CO. The van der Waals surface area contributed by atoms with Gasteiger partial charge in [-0.2, -0.15) is 5.10 Å². The quantitative estimate of drug-likeness (QED) is 0.221. The van der Waals surface area contributed by atoms with E-state index in [2.05, 4.69) is 15.7 Å². The molecule has 16 heteroatoms. The third-order valence-corrected chi connectivity index (χ3v) is 10.4. The van der Waals surface area contributed by atoms with Crippen molar-refractivity contribution in [3.8, 4) is 22.8 Å². The number of ether oxygens (including phenoxy) is 2. The number of nitrogens with zero attached hydrogens (tertiary/aromatic N) is 4. The maximum absolute atomic E-state index is 14.3. The molecule has 1 saturated heterocycles. The topological polar surface area (TPSA) is 193 Å². The lowest BCUT2D eigenvalue weighted by Crippen LogP contribution is -2.56. The normalized spacial score (nSPS) is 20.8. The Labute approximate surface area is 310 Å². The second kappa shape index (κ2) is 16.9. The molecule has 0 spiro atoms. The summed E-state index contributed by atoms with van der Waals surface area (Å²) in [6, 6.07) is 14.8. The number of carbonyl (C=O) groups excluding carboxylic acids is 4. The van der Waals surface area contributed by atoms with Gasteiger partial charge in [0.25, 0.3) is 24.2 Å². The number of aliphatic hydroxyl groups is 1. The van der Waals surface area contributed by atoms with E-state index in [0.717, 1.165) is 21.5 Å². The number of carbonyl (C=O) groups is 5. The van der Waals surface area contributed by atoms with Crippen LogP contribution in [-0.4, -0.2) is 117 Å². The van der Waals surface area contributed by atoms with Gasteiger partial charge in [-0.25, -0.2) is 0 Å². The molecule has 1 fully saturated rings. The summed E-state index contributed by atoms with van der Waals surface area (Å²) in [5, 5.41) is 28.5. The Morgan fingerprint density at radius 1 is 1.06 bits per heavy atom. The molecule has 0 radical (unpaired) electrons. The zero-order valence-corrected chi connectivity index (χ0v) is 31.0. The zero-order chi connectivity index (χ0) is 38.4. The summed E-state index contributed by atoms with van der Waals surface area (Å²) in [7, 11) is 3.28. The van der Waals surface area contributed by atoms with Gasteiger partial charge in [-0.3, -0.25) is 28.7 Å². The van der Waals surface area contributed by atoms with Crippen molar-refractivity contribution < 1.29 is 43.7 Å². The van der Waals surface area contributed by atoms with Crippen LogP contribution in [0.4, 0.5) is 0 Å². The highest BCUT2D eigenvalue weighted by atomic mass is 32.1. The number of methoxy groups -OCH3 is 1. The van der Waals surface area contributed by atoms with Crippen LogP contribution < -0.4 is 20.1 Å². The molecule has 4 heterocycles. The number of amides is 4. The molecular weight excluding hydrogens is 705 g/mol. The van der Waals surface area contributed by atoms with E-state index in [1.54, 1.807) is 29.8 Å². The molecule has 2 aliphatic rings. The maximum atomic E-state index is 14.3. The molecule has 4 atom stereocenters. The monoisotopic (exact) mass is 748 g/mol. The molecule has 2 aromatic heterocycles. The Kier molecular flexibility index (Phi) is 12.4. The van der Waals surface area contributed by atoms with Crippen molar-refractivity contribution in [1.82, 2.24) is 30.2 Å². The lowest BCUT2D eigenvalue weighted by atomic mass is 10.0. The third kappa shape index (κ3) is 8.77. The predicted molar refractivity (Wildman–Crippen MR) is 197 cm³/mol. The molecule has 0 aliphatic carbocycles. The Hall–Kier alpha value is -5.48. The van der Waals surface area contributed by atoms with Gasteiger partial charge in [-0.15, -0.1) is 11.3 Å². The highest BCUT2D eigenvalue weighted by Gasteiger charge is 2.37. The van der Waals surface area contributed by atoms with E-state index < -0.39 is 42.0 Å². The van der Waals surface area contributed by atoms with Crippen molar-refractivity contribution in [1.29, 1.82) is 0 Å². The van der Waals surface area contributed by atoms with Crippen LogP contribution in [0.25, 0.3) is 21.5 Å². The molecule has 6 rings (SSSR count). The van der Waals surface area contributed by atoms with E-state index in [9.17, 15) is 24.3 Å². The highest BCUT2D eigenvalue weighted by Crippen LogP contribution is 2.35. The van der Waals surface area contributed by atoms with Gasteiger partial charge in [0.15, 0.2) is 17.6 Å². The molecule has 282 valence electrons. The van der Waals surface area contributed by atoms with Crippen molar-refractivity contribution in [3.05, 3.63) is 65.0 Å². The van der Waals surface area contributed by atoms with Gasteiger partial charge in [-0.05, 0) is 43.5 Å². The maximum Gasteiger partial charge on any atom is 0.290 e. The Bertz CT molecular complexity index is 1960. The smallest absolute Gasteiger partial charge is 0.290 e. The lowest BCUT2D eigenvalue weighted by Gasteiger charge is -2.32. The van der Waals surface area contributed by atoms with E-state index in [-0.39, 0.29) is 49.2 Å². The van der Waals surface area contributed by atoms with Crippen LogP contribution >= 0.6 is 11.3 Å². The summed E-state index contributed by atoms with van der Waals surface area (Å²) in [5.41, 5.74) is 1.94. The number of fused-ring (bicyclic) bond motifs is 3. The van der Waals surface area contributed by atoms with E-state index >= 15 is 0 Å². The summed E-state index contributed by atoms with van der Waals surface area (Å²) in [4.78, 5) is 68.1. The van der Waals surface area contributed by atoms with Crippen molar-refractivity contribution in [3.63, 3.8) is 0 Å². The van der Waals surface area contributed by atoms with Crippen molar-refractivity contribution in [2.45, 2.75) is 51.5 Å². The van der Waals surface area contributed by atoms with Crippen LogP contribution in [0.1, 0.15) is 47.2 Å². The van der Waals surface area contributed by atoms with Gasteiger partial charge in [-0.1, -0.05) is 44.2 Å². The molecule has 2 unspecified atom stereocenters. The number of aromatic nitrogens is 2. The molecule has 53 heavy (non-hydrogen) atoms. The molecular formula is C37H44N6O9S. The fourth-order valence-electron chi connectivity index (χ4n) is 6.33. The molecule has 4 N–H and O–H groups in total. The van der Waals surface area contributed by atoms with Crippen LogP contribution in [0.3, 0.4) is 0 Å². The predicted octanol–water partition coefficient (Wildman–Crippen LogP) is 2.77. The highest BCUT2D eigenvalue weighted by molar-refractivity contribution is 7.20. The van der Waals surface area contributed by atoms with Crippen LogP contribution in [-0.2, 0) is 21.4 Å². The molecule has 0 saturated carbocycles. The Balaban J connectivity index is 0.00000175. The van der Waals surface area contributed by atoms with Crippen LogP contribution in [0.5, 0.6) is 11.5 Å². The Morgan fingerprint density at radius 3 is 2.42 bits per heavy atom. The molecule has 2 bridgehead atoms. The number of carboxylic acid groups (broad SMARTS) is 1. The number of rotatable bonds is 5. The second-order valence-electron chi connectivity index (χ2n) is 13.3. The van der Waals surface area contributed by atoms with Gasteiger partial charge in [0.2, 0.25) is 5.91 Å². The van der Waals surface area contributed by atoms with Crippen LogP contribution in [0, 0.1) is 5.92 Å². The summed E-state index contributed by atoms with van der Waals surface area (Å²) in [5.74, 6) is -1.37. The fraction of sp³-hybridized carbons (Fsp3) is 0.405. The first kappa shape index (κ1) is 38.7. The number of β-amino-alcohol motifs (C(OH)–C–C–N with tert-alkyl or cyclic N) is 1. The van der Waals surface area contributed by atoms with Gasteiger partial charge >= 0.3 is 0 Å². The third-order valence-electron chi connectivity index (χ3n) is 9.17. The molecule has 2 aliphatic heterocycles. The van der Waals surface area contributed by atoms with Crippen LogP contribution in [0.15, 0.2) is 54.6 Å². The van der Waals surface area contributed by atoms with Crippen LogP contribution in [0.2, 0.25) is 0 Å². The summed E-state index contributed by atoms with van der Waals surface area (Å²) in [6.45, 7) is 5.45. The first-order valence-corrected chi connectivity index (χ1v) is 18.0. The average Bonchev–Trinajstić information content (AvgIpc) is 3.85. The zero-order valence-electron chi connectivity index (χ0n) is 30.1. The van der Waals surface area contributed by atoms with E-state index in [4.69, 9.17) is 19.4 Å². The van der Waals surface area contributed by atoms with Crippen molar-refractivity contribution in [2.24, 2.45) is 13.0 Å². The first-order chi connectivity index (χ1) is 25.3. The number of thiophene rings is 1. The number of nitrogens with one attached hydrogen (secondary N) is 2. The average molecular weight is 749 g/mol. The minimum atomic E-state index is -1.22. The van der Waals surface area contributed by atoms with Crippen molar-refractivity contribution in [2.75, 3.05) is 33.3 Å². The molecule has 4 aromatic rings. The summed E-state index contributed by atoms with van der Waals surface area (Å²) < 4.78 is 13.5. The number of hydrogen-bond acceptors (Lipinski definition) is 10. The van der Waals surface area contributed by atoms with Crippen molar-refractivity contribution >= 4 is 51.7 Å². The van der Waals surface area contributed by atoms with Gasteiger partial charge in [0.05, 0.1) is 30.7 Å². The first-order valence-electron chi connectivity index (χ1n) is 17.2. The van der Waals surface area contributed by atoms with E-state index in [1.807, 2.05) is 51.2 Å². The van der Waals surface area contributed by atoms with Gasteiger partial charge in [0.1, 0.15) is 10.5 Å².